The van der Waals surface area contributed by atoms with Gasteiger partial charge in [0.15, 0.2) is 6.61 Å². The third-order valence-electron chi connectivity index (χ3n) is 5.39. The number of benzene rings is 2. The summed E-state index contributed by atoms with van der Waals surface area (Å²) in [5.74, 6) is 1.94. The van der Waals surface area contributed by atoms with Crippen LogP contribution in [0.15, 0.2) is 53.4 Å². The molecule has 0 aliphatic carbocycles. The van der Waals surface area contributed by atoms with Gasteiger partial charge >= 0.3 is 0 Å². The molecule has 30 heavy (non-hydrogen) atoms. The number of carbonyl (C=O) groups is 1. The van der Waals surface area contributed by atoms with E-state index in [1.165, 1.54) is 10.5 Å². The lowest BCUT2D eigenvalue weighted by Gasteiger charge is -2.32. The lowest BCUT2D eigenvalue weighted by atomic mass is 9.96. The maximum atomic E-state index is 12.1. The van der Waals surface area contributed by atoms with Gasteiger partial charge in [0.2, 0.25) is 0 Å². The Morgan fingerprint density at radius 3 is 2.40 bits per heavy atom. The Morgan fingerprint density at radius 1 is 1.07 bits per heavy atom. The van der Waals surface area contributed by atoms with E-state index in [0.717, 1.165) is 44.8 Å². The van der Waals surface area contributed by atoms with Crippen LogP contribution >= 0.6 is 11.8 Å². The third-order valence-corrected chi connectivity index (χ3v) is 6.22. The molecule has 0 aromatic heterocycles. The van der Waals surface area contributed by atoms with Gasteiger partial charge in [-0.05, 0) is 80.9 Å². The van der Waals surface area contributed by atoms with Crippen LogP contribution in [0, 0.1) is 5.92 Å². The highest BCUT2D eigenvalue weighted by Crippen LogP contribution is 2.24. The van der Waals surface area contributed by atoms with Crippen LogP contribution in [0.4, 0.5) is 0 Å². The first kappa shape index (κ1) is 22.5. The highest BCUT2D eigenvalue weighted by atomic mass is 32.2. The van der Waals surface area contributed by atoms with E-state index in [2.05, 4.69) is 40.7 Å². The fraction of sp³-hybridized carbons (Fsp3) is 0.458. The summed E-state index contributed by atoms with van der Waals surface area (Å²) < 4.78 is 11.0. The first-order valence-electron chi connectivity index (χ1n) is 10.6. The largest absolute Gasteiger partial charge is 0.494 e. The highest BCUT2D eigenvalue weighted by Gasteiger charge is 2.20. The van der Waals surface area contributed by atoms with E-state index in [1.807, 2.05) is 43.0 Å². The van der Waals surface area contributed by atoms with Crippen LogP contribution in [0.2, 0.25) is 0 Å². The molecule has 2 aromatic carbocycles. The fourth-order valence-electron chi connectivity index (χ4n) is 3.68. The minimum absolute atomic E-state index is 0.0400. The van der Waals surface area contributed by atoms with Crippen molar-refractivity contribution in [3.8, 4) is 11.5 Å². The van der Waals surface area contributed by atoms with Crippen LogP contribution in [0.25, 0.3) is 0 Å². The molecule has 0 radical (unpaired) electrons. The molecular formula is C24H32N2O3S. The number of hydrogen-bond donors (Lipinski definition) is 1. The van der Waals surface area contributed by atoms with Crippen molar-refractivity contribution in [3.05, 3.63) is 54.1 Å². The zero-order valence-corrected chi connectivity index (χ0v) is 18.7. The first-order chi connectivity index (χ1) is 14.7. The average Bonchev–Trinajstić information content (AvgIpc) is 2.79. The van der Waals surface area contributed by atoms with Gasteiger partial charge in [-0.3, -0.25) is 9.69 Å². The molecule has 1 N–H and O–H groups in total. The van der Waals surface area contributed by atoms with E-state index < -0.39 is 0 Å². The third kappa shape index (κ3) is 6.96. The molecule has 1 aliphatic rings. The van der Waals surface area contributed by atoms with Crippen molar-refractivity contribution in [2.75, 3.05) is 39.1 Å². The average molecular weight is 429 g/mol. The van der Waals surface area contributed by atoms with E-state index in [0.29, 0.717) is 18.3 Å². The maximum absolute atomic E-state index is 12.1. The SMILES string of the molecule is CCOc1ccc(OCC(=O)NCC2CCN(Cc3ccccc3SC)CC2)cc1. The van der Waals surface area contributed by atoms with Crippen molar-refractivity contribution in [1.82, 2.24) is 10.2 Å². The minimum Gasteiger partial charge on any atom is -0.494 e. The summed E-state index contributed by atoms with van der Waals surface area (Å²) in [4.78, 5) is 16.0. The van der Waals surface area contributed by atoms with Crippen LogP contribution in [0.5, 0.6) is 11.5 Å². The molecule has 1 fully saturated rings. The van der Waals surface area contributed by atoms with Crippen LogP contribution in [0.1, 0.15) is 25.3 Å². The van der Waals surface area contributed by atoms with E-state index in [1.54, 1.807) is 0 Å². The number of amides is 1. The fourth-order valence-corrected chi connectivity index (χ4v) is 4.29. The highest BCUT2D eigenvalue weighted by molar-refractivity contribution is 7.98. The standard InChI is InChI=1S/C24H32N2O3S/c1-3-28-21-8-10-22(11-9-21)29-18-24(27)25-16-19-12-14-26(15-13-19)17-20-6-4-5-7-23(20)30-2/h4-11,19H,3,12-18H2,1-2H3,(H,25,27). The Hall–Kier alpha value is -2.18. The Morgan fingerprint density at radius 2 is 1.73 bits per heavy atom. The van der Waals surface area contributed by atoms with Crippen molar-refractivity contribution < 1.29 is 14.3 Å². The number of rotatable bonds is 10. The van der Waals surface area contributed by atoms with Crippen molar-refractivity contribution in [3.63, 3.8) is 0 Å². The van der Waals surface area contributed by atoms with Gasteiger partial charge in [-0.25, -0.2) is 0 Å². The number of nitrogens with one attached hydrogen (secondary N) is 1. The number of ether oxygens (including phenoxy) is 2. The number of nitrogens with zero attached hydrogens (tertiary/aromatic N) is 1. The molecule has 3 rings (SSSR count). The van der Waals surface area contributed by atoms with Crippen molar-refractivity contribution >= 4 is 17.7 Å². The first-order valence-corrected chi connectivity index (χ1v) is 11.9. The lowest BCUT2D eigenvalue weighted by Crippen LogP contribution is -2.39. The molecule has 1 saturated heterocycles. The van der Waals surface area contributed by atoms with Gasteiger partial charge in [-0.2, -0.15) is 0 Å². The second kappa shape index (κ2) is 11.9. The number of likely N-dealkylation sites (tertiary alicyclic amines) is 1. The molecule has 2 aromatic rings. The Bertz CT molecular complexity index is 789. The Kier molecular flexibility index (Phi) is 8.90. The summed E-state index contributed by atoms with van der Waals surface area (Å²) in [6.07, 6.45) is 4.36. The normalized spacial score (nSPS) is 15.0. The smallest absolute Gasteiger partial charge is 0.257 e. The lowest BCUT2D eigenvalue weighted by molar-refractivity contribution is -0.123. The molecule has 1 amide bonds. The summed E-state index contributed by atoms with van der Waals surface area (Å²) in [6, 6.07) is 16.0. The maximum Gasteiger partial charge on any atom is 0.257 e. The van der Waals surface area contributed by atoms with Crippen molar-refractivity contribution in [1.29, 1.82) is 0 Å². The number of piperidine rings is 1. The zero-order chi connectivity index (χ0) is 21.2. The van der Waals surface area contributed by atoms with E-state index >= 15 is 0 Å². The van der Waals surface area contributed by atoms with Crippen LogP contribution in [0.3, 0.4) is 0 Å². The summed E-state index contributed by atoms with van der Waals surface area (Å²) in [6.45, 7) is 6.50. The van der Waals surface area contributed by atoms with Crippen LogP contribution in [-0.4, -0.2) is 49.9 Å². The number of thioether (sulfide) groups is 1. The van der Waals surface area contributed by atoms with E-state index in [4.69, 9.17) is 9.47 Å². The summed E-state index contributed by atoms with van der Waals surface area (Å²) in [5.41, 5.74) is 1.41. The predicted octanol–water partition coefficient (Wildman–Crippen LogP) is 4.21. The molecule has 1 heterocycles. The van der Waals surface area contributed by atoms with Gasteiger partial charge in [0.25, 0.3) is 5.91 Å². The van der Waals surface area contributed by atoms with Gasteiger partial charge in [0, 0.05) is 18.0 Å². The molecule has 0 atom stereocenters. The molecule has 0 unspecified atom stereocenters. The molecule has 1 aliphatic heterocycles. The van der Waals surface area contributed by atoms with Crippen molar-refractivity contribution in [2.24, 2.45) is 5.92 Å². The second-order valence-corrected chi connectivity index (χ2v) is 8.38. The monoisotopic (exact) mass is 428 g/mol. The summed E-state index contributed by atoms with van der Waals surface area (Å²) in [5, 5.41) is 3.03. The Labute approximate surface area is 184 Å². The summed E-state index contributed by atoms with van der Waals surface area (Å²) in [7, 11) is 0. The molecule has 0 saturated carbocycles. The molecule has 5 nitrogen and oxygen atoms in total. The molecule has 162 valence electrons. The van der Waals surface area contributed by atoms with Gasteiger partial charge < -0.3 is 14.8 Å². The topological polar surface area (TPSA) is 50.8 Å². The minimum atomic E-state index is -0.0692. The van der Waals surface area contributed by atoms with E-state index in [9.17, 15) is 4.79 Å². The molecule has 6 heteroatoms. The van der Waals surface area contributed by atoms with Crippen LogP contribution in [-0.2, 0) is 11.3 Å². The van der Waals surface area contributed by atoms with E-state index in [-0.39, 0.29) is 12.5 Å². The van der Waals surface area contributed by atoms with Crippen molar-refractivity contribution in [2.45, 2.75) is 31.2 Å². The zero-order valence-electron chi connectivity index (χ0n) is 17.9. The number of carbonyl (C=O) groups excluding carboxylic acids is 1. The Balaban J connectivity index is 1.33. The molecule has 0 spiro atoms. The quantitative estimate of drug-likeness (QED) is 0.575. The van der Waals surface area contributed by atoms with Gasteiger partial charge in [-0.15, -0.1) is 11.8 Å². The number of hydrogen-bond acceptors (Lipinski definition) is 5. The van der Waals surface area contributed by atoms with Crippen LogP contribution < -0.4 is 14.8 Å². The predicted molar refractivity (Wildman–Crippen MR) is 122 cm³/mol. The second-order valence-electron chi connectivity index (χ2n) is 7.53. The van der Waals surface area contributed by atoms with Gasteiger partial charge in [-0.1, -0.05) is 18.2 Å². The summed E-state index contributed by atoms with van der Waals surface area (Å²) >= 11 is 1.81. The van der Waals surface area contributed by atoms with Gasteiger partial charge in [0.1, 0.15) is 11.5 Å². The molecule has 0 bridgehead atoms. The van der Waals surface area contributed by atoms with Gasteiger partial charge in [0.05, 0.1) is 6.61 Å². The molecular weight excluding hydrogens is 396 g/mol.